The lowest BCUT2D eigenvalue weighted by molar-refractivity contribution is -0.166. The highest BCUT2D eigenvalue weighted by Crippen LogP contribution is 2.54. The maximum Gasteiger partial charge on any atom is 0.338 e. The van der Waals surface area contributed by atoms with Crippen molar-refractivity contribution in [2.24, 2.45) is 5.92 Å². The van der Waals surface area contributed by atoms with Crippen LogP contribution in [0.25, 0.3) is 0 Å². The second-order valence-electron chi connectivity index (χ2n) is 7.85. The van der Waals surface area contributed by atoms with Crippen LogP contribution in [-0.4, -0.2) is 36.7 Å². The van der Waals surface area contributed by atoms with Gasteiger partial charge in [-0.2, -0.15) is 0 Å². The lowest BCUT2D eigenvalue weighted by Gasteiger charge is -2.32. The summed E-state index contributed by atoms with van der Waals surface area (Å²) in [5.41, 5.74) is -0.649. The molecule has 3 atom stereocenters. The SMILES string of the molecule is CCOC(=O)C1(C(=O)OCC)N[C@H]2c3cc(F)cc(C)c3OC(=O)[C@H]2[C@@H]1c1ccccc1. The molecule has 1 fully saturated rings. The van der Waals surface area contributed by atoms with E-state index in [0.717, 1.165) is 0 Å². The third-order valence-corrected chi connectivity index (χ3v) is 6.00. The van der Waals surface area contributed by atoms with Gasteiger partial charge in [0.15, 0.2) is 0 Å². The molecule has 2 aromatic carbocycles. The van der Waals surface area contributed by atoms with Crippen molar-refractivity contribution in [2.75, 3.05) is 13.2 Å². The standard InChI is InChI=1S/C24H24FNO6/c1-4-30-22(28)24(23(29)31-5-2)18(14-9-7-6-8-10-14)17-19(26-24)16-12-15(25)11-13(3)20(16)32-21(17)27/h6-12,17-19,26H,4-5H2,1-3H3/t17-,18-,19-/m0/s1. The Morgan fingerprint density at radius 1 is 1.09 bits per heavy atom. The van der Waals surface area contributed by atoms with Gasteiger partial charge in [-0.25, -0.2) is 14.0 Å². The maximum absolute atomic E-state index is 14.3. The van der Waals surface area contributed by atoms with Crippen molar-refractivity contribution in [3.8, 4) is 5.75 Å². The van der Waals surface area contributed by atoms with E-state index < -0.39 is 47.1 Å². The van der Waals surface area contributed by atoms with Crippen molar-refractivity contribution < 1.29 is 33.0 Å². The molecule has 0 saturated carbocycles. The summed E-state index contributed by atoms with van der Waals surface area (Å²) in [7, 11) is 0. The number of benzene rings is 2. The lowest BCUT2D eigenvalue weighted by Crippen LogP contribution is -2.59. The number of nitrogens with one attached hydrogen (secondary N) is 1. The first-order valence-corrected chi connectivity index (χ1v) is 10.5. The Labute approximate surface area is 184 Å². The second-order valence-corrected chi connectivity index (χ2v) is 7.85. The van der Waals surface area contributed by atoms with Gasteiger partial charge in [-0.3, -0.25) is 10.1 Å². The van der Waals surface area contributed by atoms with Crippen LogP contribution in [0.2, 0.25) is 0 Å². The minimum absolute atomic E-state index is 0.0211. The lowest BCUT2D eigenvalue weighted by atomic mass is 9.72. The van der Waals surface area contributed by atoms with E-state index in [1.165, 1.54) is 12.1 Å². The Morgan fingerprint density at radius 2 is 1.72 bits per heavy atom. The fourth-order valence-corrected chi connectivity index (χ4v) is 4.79. The molecule has 2 heterocycles. The van der Waals surface area contributed by atoms with Crippen LogP contribution in [-0.2, 0) is 23.9 Å². The van der Waals surface area contributed by atoms with Crippen LogP contribution < -0.4 is 10.1 Å². The van der Waals surface area contributed by atoms with E-state index in [2.05, 4.69) is 5.32 Å². The quantitative estimate of drug-likeness (QED) is 0.433. The molecule has 168 valence electrons. The van der Waals surface area contributed by atoms with Crippen LogP contribution in [0, 0.1) is 18.7 Å². The highest BCUT2D eigenvalue weighted by Gasteiger charge is 2.68. The van der Waals surface area contributed by atoms with Gasteiger partial charge in [-0.05, 0) is 44.0 Å². The van der Waals surface area contributed by atoms with Gasteiger partial charge < -0.3 is 14.2 Å². The number of halogens is 1. The molecule has 2 aliphatic rings. The Hall–Kier alpha value is -3.26. The topological polar surface area (TPSA) is 90.9 Å². The summed E-state index contributed by atoms with van der Waals surface area (Å²) in [6, 6.07) is 10.4. The second kappa shape index (κ2) is 8.35. The van der Waals surface area contributed by atoms with Crippen LogP contribution in [0.5, 0.6) is 5.75 Å². The molecule has 1 N–H and O–H groups in total. The number of carbonyl (C=O) groups is 3. The van der Waals surface area contributed by atoms with Crippen molar-refractivity contribution in [1.82, 2.24) is 5.32 Å². The van der Waals surface area contributed by atoms with Gasteiger partial charge in [0.25, 0.3) is 0 Å². The van der Waals surface area contributed by atoms with Gasteiger partial charge in [0.05, 0.1) is 25.2 Å². The summed E-state index contributed by atoms with van der Waals surface area (Å²) in [5, 5.41) is 3.05. The average molecular weight is 441 g/mol. The Bertz CT molecular complexity index is 1050. The molecule has 7 nitrogen and oxygen atoms in total. The van der Waals surface area contributed by atoms with Crippen LogP contribution in [0.1, 0.15) is 42.5 Å². The van der Waals surface area contributed by atoms with E-state index in [0.29, 0.717) is 16.7 Å². The number of ether oxygens (including phenoxy) is 3. The molecule has 32 heavy (non-hydrogen) atoms. The number of hydrogen-bond donors (Lipinski definition) is 1. The molecule has 0 spiro atoms. The predicted molar refractivity (Wildman–Crippen MR) is 111 cm³/mol. The van der Waals surface area contributed by atoms with Crippen molar-refractivity contribution in [3.63, 3.8) is 0 Å². The Morgan fingerprint density at radius 3 is 2.31 bits per heavy atom. The van der Waals surface area contributed by atoms with Gasteiger partial charge >= 0.3 is 17.9 Å². The van der Waals surface area contributed by atoms with Crippen molar-refractivity contribution in [2.45, 2.75) is 38.3 Å². The van der Waals surface area contributed by atoms with Gasteiger partial charge in [-0.15, -0.1) is 0 Å². The number of fused-ring (bicyclic) bond motifs is 3. The first-order valence-electron chi connectivity index (χ1n) is 10.5. The average Bonchev–Trinajstić information content (AvgIpc) is 3.14. The van der Waals surface area contributed by atoms with Crippen LogP contribution in [0.4, 0.5) is 4.39 Å². The van der Waals surface area contributed by atoms with Crippen LogP contribution >= 0.6 is 0 Å². The van der Waals surface area contributed by atoms with E-state index >= 15 is 0 Å². The normalized spacial score (nSPS) is 23.0. The molecular weight excluding hydrogens is 417 g/mol. The van der Waals surface area contributed by atoms with Gasteiger partial charge in [0.2, 0.25) is 5.54 Å². The molecule has 4 rings (SSSR count). The Kier molecular flexibility index (Phi) is 5.73. The maximum atomic E-state index is 14.3. The largest absolute Gasteiger partial charge is 0.464 e. The van der Waals surface area contributed by atoms with E-state index in [1.807, 2.05) is 0 Å². The molecule has 0 aromatic heterocycles. The molecule has 1 saturated heterocycles. The number of esters is 3. The van der Waals surface area contributed by atoms with Gasteiger partial charge in [0, 0.05) is 11.5 Å². The summed E-state index contributed by atoms with van der Waals surface area (Å²) >= 11 is 0. The number of carbonyl (C=O) groups excluding carboxylic acids is 3. The smallest absolute Gasteiger partial charge is 0.338 e. The van der Waals surface area contributed by atoms with Crippen molar-refractivity contribution in [3.05, 3.63) is 65.0 Å². The molecule has 0 radical (unpaired) electrons. The zero-order chi connectivity index (χ0) is 23.0. The summed E-state index contributed by atoms with van der Waals surface area (Å²) < 4.78 is 30.5. The molecule has 0 bridgehead atoms. The zero-order valence-corrected chi connectivity index (χ0v) is 18.0. The molecule has 0 aliphatic carbocycles. The summed E-state index contributed by atoms with van der Waals surface area (Å²) in [6.45, 7) is 4.92. The summed E-state index contributed by atoms with van der Waals surface area (Å²) in [5.74, 6) is -4.60. The first kappa shape index (κ1) is 22.0. The fraction of sp³-hybridized carbons (Fsp3) is 0.375. The minimum atomic E-state index is -2.01. The summed E-state index contributed by atoms with van der Waals surface area (Å²) in [4.78, 5) is 40.0. The highest BCUT2D eigenvalue weighted by atomic mass is 19.1. The molecule has 2 aliphatic heterocycles. The third kappa shape index (κ3) is 3.26. The van der Waals surface area contributed by atoms with Crippen molar-refractivity contribution >= 4 is 17.9 Å². The molecule has 8 heteroatoms. The van der Waals surface area contributed by atoms with Crippen LogP contribution in [0.3, 0.4) is 0 Å². The molecule has 0 unspecified atom stereocenters. The van der Waals surface area contributed by atoms with Crippen molar-refractivity contribution in [1.29, 1.82) is 0 Å². The van der Waals surface area contributed by atoms with E-state index in [1.54, 1.807) is 51.1 Å². The third-order valence-electron chi connectivity index (χ3n) is 6.00. The molecule has 0 amide bonds. The number of rotatable bonds is 5. The monoisotopic (exact) mass is 441 g/mol. The summed E-state index contributed by atoms with van der Waals surface area (Å²) in [6.07, 6.45) is 0. The first-order chi connectivity index (χ1) is 15.3. The number of aryl methyl sites for hydroxylation is 1. The molecular formula is C24H24FNO6. The van der Waals surface area contributed by atoms with E-state index in [4.69, 9.17) is 14.2 Å². The predicted octanol–water partition coefficient (Wildman–Crippen LogP) is 2.96. The molecule has 2 aromatic rings. The zero-order valence-electron chi connectivity index (χ0n) is 18.0. The number of hydrogen-bond acceptors (Lipinski definition) is 7. The van der Waals surface area contributed by atoms with Gasteiger partial charge in [0.1, 0.15) is 11.6 Å². The van der Waals surface area contributed by atoms with Crippen LogP contribution in [0.15, 0.2) is 42.5 Å². The van der Waals surface area contributed by atoms with E-state index in [9.17, 15) is 18.8 Å². The fourth-order valence-electron chi connectivity index (χ4n) is 4.79. The highest BCUT2D eigenvalue weighted by molar-refractivity contribution is 6.08. The van der Waals surface area contributed by atoms with E-state index in [-0.39, 0.29) is 19.0 Å². The minimum Gasteiger partial charge on any atom is -0.464 e. The Balaban J connectivity index is 1.98. The van der Waals surface area contributed by atoms with Gasteiger partial charge in [-0.1, -0.05) is 30.3 Å².